The highest BCUT2D eigenvalue weighted by Crippen LogP contribution is 2.11. The number of rotatable bonds is 4. The number of ketones is 1. The Morgan fingerprint density at radius 3 is 2.00 bits per heavy atom. The highest BCUT2D eigenvalue weighted by molar-refractivity contribution is 5.98. The van der Waals surface area contributed by atoms with Gasteiger partial charge in [-0.2, -0.15) is 0 Å². The molecule has 0 aliphatic heterocycles. The molecule has 0 saturated carbocycles. The first kappa shape index (κ1) is 15.3. The first-order valence-electron chi connectivity index (χ1n) is 5.35. The van der Waals surface area contributed by atoms with Gasteiger partial charge in [-0.1, -0.05) is 0 Å². The Morgan fingerprint density at radius 1 is 1.15 bits per heavy atom. The molecule has 1 rings (SSSR count). The van der Waals surface area contributed by atoms with Crippen molar-refractivity contribution in [1.82, 2.24) is 9.13 Å². The van der Waals surface area contributed by atoms with E-state index in [1.807, 2.05) is 0 Å². The summed E-state index contributed by atoms with van der Waals surface area (Å²) >= 11 is 0. The average molecular weight is 285 g/mol. The predicted octanol–water partition coefficient (Wildman–Crippen LogP) is -0.119. The molecule has 0 saturated heterocycles. The lowest BCUT2D eigenvalue weighted by atomic mass is 10.2. The standard InChI is InChI=1S/C10H11N3O7/c1-5(14)9-8(4-20-13(18)19)11(6(2)15)10(17)12(9)7(3)16/h4H2,1-3H3. The predicted molar refractivity (Wildman–Crippen MR) is 63.1 cm³/mol. The quantitative estimate of drug-likeness (QED) is 0.428. The molecule has 108 valence electrons. The molecule has 0 spiro atoms. The smallest absolute Gasteiger partial charge is 0.307 e. The molecule has 10 heteroatoms. The minimum Gasteiger partial charge on any atom is -0.307 e. The second-order valence-corrected chi connectivity index (χ2v) is 3.84. The summed E-state index contributed by atoms with van der Waals surface area (Å²) in [5, 5.41) is 9.08. The van der Waals surface area contributed by atoms with Gasteiger partial charge in [-0.25, -0.2) is 13.9 Å². The lowest BCUT2D eigenvalue weighted by Crippen LogP contribution is -2.31. The van der Waals surface area contributed by atoms with Crippen LogP contribution in [-0.4, -0.2) is 31.8 Å². The van der Waals surface area contributed by atoms with E-state index in [0.717, 1.165) is 20.8 Å². The number of nitrogens with zero attached hydrogens (tertiary/aromatic N) is 3. The summed E-state index contributed by atoms with van der Waals surface area (Å²) in [6.07, 6.45) is 0. The molecule has 0 aromatic carbocycles. The average Bonchev–Trinajstić information content (AvgIpc) is 2.59. The first-order valence-corrected chi connectivity index (χ1v) is 5.35. The van der Waals surface area contributed by atoms with Crippen LogP contribution >= 0.6 is 0 Å². The van der Waals surface area contributed by atoms with Crippen LogP contribution in [0.25, 0.3) is 0 Å². The van der Waals surface area contributed by atoms with E-state index < -0.39 is 40.7 Å². The van der Waals surface area contributed by atoms with E-state index in [0.29, 0.717) is 9.13 Å². The molecule has 0 amide bonds. The lowest BCUT2D eigenvalue weighted by Gasteiger charge is -2.04. The fourth-order valence-corrected chi connectivity index (χ4v) is 1.77. The number of aromatic nitrogens is 2. The minimum atomic E-state index is -1.13. The highest BCUT2D eigenvalue weighted by Gasteiger charge is 2.27. The maximum absolute atomic E-state index is 11.9. The van der Waals surface area contributed by atoms with Crippen LogP contribution in [0.1, 0.15) is 46.5 Å². The third-order valence-corrected chi connectivity index (χ3v) is 2.42. The van der Waals surface area contributed by atoms with Crippen LogP contribution in [0, 0.1) is 10.1 Å². The fourth-order valence-electron chi connectivity index (χ4n) is 1.77. The lowest BCUT2D eigenvalue weighted by molar-refractivity contribution is -0.763. The zero-order valence-corrected chi connectivity index (χ0v) is 10.9. The maximum Gasteiger partial charge on any atom is 0.342 e. The largest absolute Gasteiger partial charge is 0.342 e. The van der Waals surface area contributed by atoms with E-state index in [4.69, 9.17) is 0 Å². The molecular weight excluding hydrogens is 274 g/mol. The molecule has 0 bridgehead atoms. The second-order valence-electron chi connectivity index (χ2n) is 3.84. The first-order chi connectivity index (χ1) is 9.18. The van der Waals surface area contributed by atoms with Crippen molar-refractivity contribution < 1.29 is 24.3 Å². The van der Waals surface area contributed by atoms with E-state index in [2.05, 4.69) is 4.84 Å². The Morgan fingerprint density at radius 2 is 1.65 bits per heavy atom. The van der Waals surface area contributed by atoms with Crippen LogP contribution < -0.4 is 5.69 Å². The molecule has 0 fully saturated rings. The van der Waals surface area contributed by atoms with Gasteiger partial charge >= 0.3 is 5.69 Å². The molecule has 0 atom stereocenters. The molecule has 1 aromatic rings. The van der Waals surface area contributed by atoms with Crippen molar-refractivity contribution >= 4 is 17.6 Å². The van der Waals surface area contributed by atoms with Crippen LogP contribution in [0.15, 0.2) is 4.79 Å². The SMILES string of the molecule is CC(=O)c1c(CO[N+](=O)[O-])n(C(C)=O)c(=O)n1C(C)=O. The van der Waals surface area contributed by atoms with Crippen molar-refractivity contribution in [3.05, 3.63) is 32.0 Å². The fraction of sp³-hybridized carbons (Fsp3) is 0.400. The summed E-state index contributed by atoms with van der Waals surface area (Å²) in [5.41, 5.74) is -1.79. The van der Waals surface area contributed by atoms with Crippen molar-refractivity contribution in [2.45, 2.75) is 27.4 Å². The number of imidazole rings is 1. The van der Waals surface area contributed by atoms with Crippen LogP contribution in [-0.2, 0) is 11.4 Å². The molecule has 1 heterocycles. The third kappa shape index (κ3) is 2.63. The van der Waals surface area contributed by atoms with Gasteiger partial charge in [0.1, 0.15) is 12.3 Å². The van der Waals surface area contributed by atoms with Crippen molar-refractivity contribution in [2.75, 3.05) is 0 Å². The number of Topliss-reactive ketones (excluding diaryl/α,β-unsaturated/α-hetero) is 1. The summed E-state index contributed by atoms with van der Waals surface area (Å²) in [6, 6.07) is 0. The van der Waals surface area contributed by atoms with Gasteiger partial charge in [0.25, 0.3) is 5.09 Å². The van der Waals surface area contributed by atoms with E-state index in [9.17, 15) is 29.3 Å². The Balaban J connectivity index is 3.67. The third-order valence-electron chi connectivity index (χ3n) is 2.42. The number of hydrogen-bond acceptors (Lipinski definition) is 7. The van der Waals surface area contributed by atoms with Crippen LogP contribution in [0.4, 0.5) is 0 Å². The van der Waals surface area contributed by atoms with Crippen LogP contribution in [0.2, 0.25) is 0 Å². The summed E-state index contributed by atoms with van der Waals surface area (Å²) in [5.74, 6) is -2.28. The van der Waals surface area contributed by atoms with Gasteiger partial charge in [-0.3, -0.25) is 14.4 Å². The van der Waals surface area contributed by atoms with E-state index in [-0.39, 0.29) is 5.69 Å². The Bertz CT molecular complexity index is 667. The highest BCUT2D eigenvalue weighted by atomic mass is 16.9. The van der Waals surface area contributed by atoms with Crippen LogP contribution in [0.3, 0.4) is 0 Å². The van der Waals surface area contributed by atoms with Crippen LogP contribution in [0.5, 0.6) is 0 Å². The molecule has 0 aliphatic rings. The molecular formula is C10H11N3O7. The monoisotopic (exact) mass is 285 g/mol. The summed E-state index contributed by atoms with van der Waals surface area (Å²) < 4.78 is 0.990. The molecule has 0 aliphatic carbocycles. The Kier molecular flexibility index (Phi) is 4.17. The van der Waals surface area contributed by atoms with E-state index in [1.54, 1.807) is 0 Å². The summed E-state index contributed by atoms with van der Waals surface area (Å²) in [4.78, 5) is 60.7. The normalized spacial score (nSPS) is 10.2. The van der Waals surface area contributed by atoms with Crippen molar-refractivity contribution in [3.8, 4) is 0 Å². The zero-order chi connectivity index (χ0) is 15.6. The summed E-state index contributed by atoms with van der Waals surface area (Å²) in [7, 11) is 0. The van der Waals surface area contributed by atoms with Gasteiger partial charge in [0.15, 0.2) is 5.78 Å². The van der Waals surface area contributed by atoms with Gasteiger partial charge in [-0.05, 0) is 0 Å². The number of carbonyl (C=O) groups is 3. The van der Waals surface area contributed by atoms with Gasteiger partial charge in [0.05, 0.1) is 5.69 Å². The van der Waals surface area contributed by atoms with Gasteiger partial charge in [0, 0.05) is 20.8 Å². The molecule has 0 unspecified atom stereocenters. The molecule has 0 radical (unpaired) electrons. The Hall–Kier alpha value is -2.78. The molecule has 0 N–H and O–H groups in total. The minimum absolute atomic E-state index is 0.332. The van der Waals surface area contributed by atoms with Gasteiger partial charge < -0.3 is 4.84 Å². The van der Waals surface area contributed by atoms with Crippen molar-refractivity contribution in [1.29, 1.82) is 0 Å². The van der Waals surface area contributed by atoms with Gasteiger partial charge in [-0.15, -0.1) is 10.1 Å². The molecule has 10 nitrogen and oxygen atoms in total. The number of carbonyl (C=O) groups excluding carboxylic acids is 3. The maximum atomic E-state index is 11.9. The molecule has 20 heavy (non-hydrogen) atoms. The Labute approximate surface area is 111 Å². The number of hydrogen-bond donors (Lipinski definition) is 0. The summed E-state index contributed by atoms with van der Waals surface area (Å²) in [6.45, 7) is 2.31. The topological polar surface area (TPSA) is 131 Å². The molecule has 1 aromatic heterocycles. The van der Waals surface area contributed by atoms with Gasteiger partial charge in [0.2, 0.25) is 11.8 Å². The second kappa shape index (κ2) is 5.47. The zero-order valence-electron chi connectivity index (χ0n) is 10.9. The van der Waals surface area contributed by atoms with E-state index >= 15 is 0 Å². The van der Waals surface area contributed by atoms with E-state index in [1.165, 1.54) is 0 Å². The van der Waals surface area contributed by atoms with Crippen molar-refractivity contribution in [2.24, 2.45) is 0 Å². The van der Waals surface area contributed by atoms with Crippen molar-refractivity contribution in [3.63, 3.8) is 0 Å².